The van der Waals surface area contributed by atoms with Gasteiger partial charge in [0, 0.05) is 11.5 Å². The summed E-state index contributed by atoms with van der Waals surface area (Å²) >= 11 is 3.22. The minimum Gasteiger partial charge on any atom is -0.379 e. The van der Waals surface area contributed by atoms with Crippen molar-refractivity contribution >= 4 is 28.7 Å². The molecule has 100 valence electrons. The predicted octanol–water partition coefficient (Wildman–Crippen LogP) is 3.97. The predicted molar refractivity (Wildman–Crippen MR) is 85.6 cm³/mol. The minimum absolute atomic E-state index is 0.180. The molecule has 0 amide bonds. The molecule has 0 saturated carbocycles. The summed E-state index contributed by atoms with van der Waals surface area (Å²) in [5.41, 5.74) is 9.60. The van der Waals surface area contributed by atoms with Crippen LogP contribution in [0.25, 0.3) is 0 Å². The van der Waals surface area contributed by atoms with Crippen LogP contribution in [0.15, 0.2) is 18.2 Å². The van der Waals surface area contributed by atoms with Crippen LogP contribution in [0.1, 0.15) is 37.5 Å². The molecule has 0 fully saturated rings. The lowest BCUT2D eigenvalue weighted by molar-refractivity contribution is 0.589. The number of nitrogens with one attached hydrogen (secondary N) is 1. The van der Waals surface area contributed by atoms with Gasteiger partial charge >= 0.3 is 0 Å². The van der Waals surface area contributed by atoms with Gasteiger partial charge in [-0.25, -0.2) is 0 Å². The molecule has 3 N–H and O–H groups in total. The first-order valence-corrected chi connectivity index (χ1v) is 8.30. The second kappa shape index (κ2) is 6.53. The van der Waals surface area contributed by atoms with E-state index in [2.05, 4.69) is 45.2 Å². The third kappa shape index (κ3) is 4.58. The van der Waals surface area contributed by atoms with E-state index >= 15 is 0 Å². The molecule has 0 unspecified atom stereocenters. The van der Waals surface area contributed by atoms with Gasteiger partial charge in [0.25, 0.3) is 0 Å². The summed E-state index contributed by atoms with van der Waals surface area (Å²) in [4.78, 5) is 0. The van der Waals surface area contributed by atoms with Crippen LogP contribution in [0.5, 0.6) is 0 Å². The van der Waals surface area contributed by atoms with Gasteiger partial charge < -0.3 is 5.73 Å². The molecule has 0 saturated heterocycles. The Morgan fingerprint density at radius 2 is 1.89 bits per heavy atom. The van der Waals surface area contributed by atoms with E-state index in [0.29, 0.717) is 0 Å². The van der Waals surface area contributed by atoms with E-state index in [9.17, 15) is 0 Å². The van der Waals surface area contributed by atoms with Crippen molar-refractivity contribution in [2.75, 3.05) is 6.26 Å². The number of nitrogens with two attached hydrogens (primary N) is 1. The highest BCUT2D eigenvalue weighted by Crippen LogP contribution is 2.28. The van der Waals surface area contributed by atoms with Crippen LogP contribution in [0.3, 0.4) is 0 Å². The van der Waals surface area contributed by atoms with Crippen molar-refractivity contribution < 1.29 is 0 Å². The van der Waals surface area contributed by atoms with E-state index in [1.807, 2.05) is 11.8 Å². The number of hydrogen-bond acceptors (Lipinski definition) is 3. The minimum atomic E-state index is 0.180. The van der Waals surface area contributed by atoms with Crippen LogP contribution in [0.4, 0.5) is 0 Å². The van der Waals surface area contributed by atoms with Crippen molar-refractivity contribution in [1.82, 2.24) is 0 Å². The van der Waals surface area contributed by atoms with E-state index in [1.54, 1.807) is 0 Å². The normalized spacial score (nSPS) is 11.6. The lowest BCUT2D eigenvalue weighted by Gasteiger charge is -2.21. The molecule has 0 aromatic heterocycles. The second-order valence-corrected chi connectivity index (χ2v) is 7.20. The Morgan fingerprint density at radius 1 is 1.22 bits per heavy atom. The van der Waals surface area contributed by atoms with Crippen molar-refractivity contribution in [1.29, 1.82) is 5.41 Å². The maximum atomic E-state index is 7.29. The van der Waals surface area contributed by atoms with Crippen LogP contribution in [0, 0.1) is 5.41 Å². The molecule has 1 aromatic rings. The average molecular weight is 282 g/mol. The summed E-state index contributed by atoms with van der Waals surface area (Å²) in [6.45, 7) is 6.69. The lowest BCUT2D eigenvalue weighted by atomic mass is 9.85. The Labute approximate surface area is 119 Å². The van der Waals surface area contributed by atoms with Gasteiger partial charge in [-0.2, -0.15) is 11.8 Å². The van der Waals surface area contributed by atoms with Crippen molar-refractivity contribution in [3.8, 4) is 0 Å². The zero-order valence-corrected chi connectivity index (χ0v) is 13.2. The molecule has 0 aliphatic carbocycles. The summed E-state index contributed by atoms with van der Waals surface area (Å²) in [5, 5.41) is 7.48. The number of amidine groups is 1. The first-order chi connectivity index (χ1) is 8.34. The summed E-state index contributed by atoms with van der Waals surface area (Å²) in [6.07, 6.45) is 2.12. The van der Waals surface area contributed by atoms with Gasteiger partial charge in [0.2, 0.25) is 0 Å². The van der Waals surface area contributed by atoms with E-state index in [0.717, 1.165) is 11.5 Å². The highest BCUT2D eigenvalue weighted by Gasteiger charge is 2.15. The van der Waals surface area contributed by atoms with Crippen LogP contribution >= 0.6 is 23.5 Å². The van der Waals surface area contributed by atoms with Crippen molar-refractivity contribution in [3.63, 3.8) is 0 Å². The number of benzene rings is 1. The Hall–Kier alpha value is -0.610. The second-order valence-electron chi connectivity index (χ2n) is 5.32. The zero-order chi connectivity index (χ0) is 13.8. The number of rotatable bonds is 4. The summed E-state index contributed by atoms with van der Waals surface area (Å²) in [5.74, 6) is 1.80. The zero-order valence-electron chi connectivity index (χ0n) is 11.5. The van der Waals surface area contributed by atoms with Crippen LogP contribution < -0.4 is 5.73 Å². The van der Waals surface area contributed by atoms with Gasteiger partial charge in [-0.3, -0.25) is 5.41 Å². The molecule has 0 aliphatic heterocycles. The van der Waals surface area contributed by atoms with E-state index in [1.165, 1.54) is 28.5 Å². The fourth-order valence-corrected chi connectivity index (χ4v) is 2.85. The smallest absolute Gasteiger partial charge is 0.151 e. The fourth-order valence-electron chi connectivity index (χ4n) is 1.68. The third-order valence-corrected chi connectivity index (χ3v) is 4.12. The Kier molecular flexibility index (Phi) is 5.60. The third-order valence-electron chi connectivity index (χ3n) is 2.76. The van der Waals surface area contributed by atoms with Gasteiger partial charge in [0.15, 0.2) is 5.17 Å². The molecule has 0 radical (unpaired) electrons. The number of thioether (sulfide) groups is 2. The van der Waals surface area contributed by atoms with Gasteiger partial charge in [-0.05, 0) is 28.4 Å². The topological polar surface area (TPSA) is 49.9 Å². The summed E-state index contributed by atoms with van der Waals surface area (Å²) in [7, 11) is 0. The number of hydrogen-bond donors (Lipinski definition) is 2. The monoisotopic (exact) mass is 282 g/mol. The average Bonchev–Trinajstić information content (AvgIpc) is 2.26. The summed E-state index contributed by atoms with van der Waals surface area (Å²) < 4.78 is 0. The molecule has 0 spiro atoms. The fraction of sp³-hybridized carbons (Fsp3) is 0.500. The van der Waals surface area contributed by atoms with Gasteiger partial charge in [-0.1, -0.05) is 50.7 Å². The van der Waals surface area contributed by atoms with E-state index in [4.69, 9.17) is 11.1 Å². The Morgan fingerprint density at radius 3 is 2.39 bits per heavy atom. The molecule has 2 nitrogen and oxygen atoms in total. The van der Waals surface area contributed by atoms with Gasteiger partial charge in [0.1, 0.15) is 0 Å². The SMILES string of the molecule is CSCc1cc(C(C)(C)C)ccc1CSC(=N)N. The molecular weight excluding hydrogens is 260 g/mol. The van der Waals surface area contributed by atoms with Crippen molar-refractivity contribution in [2.45, 2.75) is 37.7 Å². The van der Waals surface area contributed by atoms with Crippen LogP contribution in [0.2, 0.25) is 0 Å². The van der Waals surface area contributed by atoms with Crippen LogP contribution in [-0.2, 0) is 16.9 Å². The van der Waals surface area contributed by atoms with E-state index < -0.39 is 0 Å². The molecule has 0 bridgehead atoms. The van der Waals surface area contributed by atoms with Crippen LogP contribution in [-0.4, -0.2) is 11.4 Å². The molecule has 4 heteroatoms. The first kappa shape index (κ1) is 15.4. The Bertz CT molecular complexity index is 422. The molecule has 1 rings (SSSR count). The van der Waals surface area contributed by atoms with E-state index in [-0.39, 0.29) is 10.6 Å². The molecule has 0 heterocycles. The lowest BCUT2D eigenvalue weighted by Crippen LogP contribution is -2.12. The molecule has 0 aliphatic rings. The van der Waals surface area contributed by atoms with Gasteiger partial charge in [0.05, 0.1) is 0 Å². The standard InChI is InChI=1S/C14H22N2S2/c1-14(2,3)12-6-5-10(9-18-13(15)16)11(7-12)8-17-4/h5-7H,8-9H2,1-4H3,(H3,15,16). The largest absolute Gasteiger partial charge is 0.379 e. The maximum Gasteiger partial charge on any atom is 0.151 e. The Balaban J connectivity index is 3.00. The maximum absolute atomic E-state index is 7.29. The first-order valence-electron chi connectivity index (χ1n) is 5.92. The molecular formula is C14H22N2S2. The molecule has 1 aromatic carbocycles. The van der Waals surface area contributed by atoms with Gasteiger partial charge in [-0.15, -0.1) is 0 Å². The highest BCUT2D eigenvalue weighted by molar-refractivity contribution is 8.13. The molecule has 0 atom stereocenters. The highest BCUT2D eigenvalue weighted by atomic mass is 32.2. The summed E-state index contributed by atoms with van der Waals surface area (Å²) in [6, 6.07) is 6.68. The molecule has 18 heavy (non-hydrogen) atoms. The van der Waals surface area contributed by atoms with Crippen molar-refractivity contribution in [3.05, 3.63) is 34.9 Å². The van der Waals surface area contributed by atoms with Crippen molar-refractivity contribution in [2.24, 2.45) is 5.73 Å². The quantitative estimate of drug-likeness (QED) is 0.649.